The second kappa shape index (κ2) is 8.31. The molecule has 92 valence electrons. The molecule has 0 N–H and O–H groups in total. The van der Waals surface area contributed by atoms with E-state index in [1.807, 2.05) is 0 Å². The van der Waals surface area contributed by atoms with Gasteiger partial charge >= 0.3 is 8.56 Å². The van der Waals surface area contributed by atoms with Gasteiger partial charge in [0.25, 0.3) is 0 Å². The zero-order valence-corrected chi connectivity index (χ0v) is 12.1. The lowest BCUT2D eigenvalue weighted by Gasteiger charge is -2.30. The molecule has 0 saturated heterocycles. The fraction of sp³-hybridized carbons (Fsp3) is 1.00. The van der Waals surface area contributed by atoms with Gasteiger partial charge in [-0.05, 0) is 24.9 Å². The summed E-state index contributed by atoms with van der Waals surface area (Å²) < 4.78 is 12.0. The summed E-state index contributed by atoms with van der Waals surface area (Å²) >= 11 is 0. The first kappa shape index (κ1) is 15.1. The molecule has 0 amide bonds. The SMILES string of the molecule is CCCCO[Si](C)(OCCCC)C(C)C. The monoisotopic (exact) mass is 232 g/mol. The van der Waals surface area contributed by atoms with Gasteiger partial charge in [-0.15, -0.1) is 0 Å². The quantitative estimate of drug-likeness (QED) is 0.440. The molecule has 0 spiro atoms. The molecule has 0 aromatic heterocycles. The first-order valence-electron chi connectivity index (χ1n) is 6.34. The van der Waals surface area contributed by atoms with Crippen molar-refractivity contribution in [2.75, 3.05) is 13.2 Å². The summed E-state index contributed by atoms with van der Waals surface area (Å²) in [5, 5.41) is 0. The molecule has 0 unspecified atom stereocenters. The van der Waals surface area contributed by atoms with Crippen LogP contribution in [0.15, 0.2) is 0 Å². The molecular weight excluding hydrogens is 204 g/mol. The third-order valence-electron chi connectivity index (χ3n) is 2.82. The van der Waals surface area contributed by atoms with Crippen LogP contribution in [0.3, 0.4) is 0 Å². The summed E-state index contributed by atoms with van der Waals surface area (Å²) in [6.45, 7) is 12.7. The minimum Gasteiger partial charge on any atom is -0.394 e. The Hall–Kier alpha value is 0.137. The average molecular weight is 232 g/mol. The molecule has 0 atom stereocenters. The van der Waals surface area contributed by atoms with E-state index in [4.69, 9.17) is 8.85 Å². The molecule has 0 aromatic rings. The molecule has 0 aromatic carbocycles. The van der Waals surface area contributed by atoms with Crippen molar-refractivity contribution < 1.29 is 8.85 Å². The van der Waals surface area contributed by atoms with Crippen LogP contribution in [0.25, 0.3) is 0 Å². The molecule has 0 aliphatic carbocycles. The first-order chi connectivity index (χ1) is 7.06. The van der Waals surface area contributed by atoms with Gasteiger partial charge in [-0.3, -0.25) is 0 Å². The molecule has 0 heterocycles. The van der Waals surface area contributed by atoms with Crippen LogP contribution in [0.5, 0.6) is 0 Å². The van der Waals surface area contributed by atoms with Crippen molar-refractivity contribution in [2.45, 2.75) is 65.5 Å². The minimum atomic E-state index is -1.90. The summed E-state index contributed by atoms with van der Waals surface area (Å²) in [5.74, 6) is 0. The molecule has 15 heavy (non-hydrogen) atoms. The summed E-state index contributed by atoms with van der Waals surface area (Å²) in [7, 11) is -1.90. The maximum atomic E-state index is 5.99. The summed E-state index contributed by atoms with van der Waals surface area (Å²) in [4.78, 5) is 0. The molecule has 0 aliphatic rings. The van der Waals surface area contributed by atoms with E-state index in [0.29, 0.717) is 5.54 Å². The lowest BCUT2D eigenvalue weighted by Crippen LogP contribution is -2.42. The third-order valence-corrected chi connectivity index (χ3v) is 6.47. The highest BCUT2D eigenvalue weighted by Crippen LogP contribution is 2.23. The highest BCUT2D eigenvalue weighted by Gasteiger charge is 2.35. The standard InChI is InChI=1S/C12H28O2Si/c1-6-8-10-13-15(5,12(3)4)14-11-9-7-2/h12H,6-11H2,1-5H3. The summed E-state index contributed by atoms with van der Waals surface area (Å²) in [6.07, 6.45) is 4.67. The predicted octanol–water partition coefficient (Wildman–Crippen LogP) is 4.10. The van der Waals surface area contributed by atoms with E-state index in [1.165, 1.54) is 12.8 Å². The Morgan fingerprint density at radius 3 is 1.60 bits per heavy atom. The second-order valence-electron chi connectivity index (χ2n) is 4.57. The molecule has 0 bridgehead atoms. The molecule has 0 rings (SSSR count). The van der Waals surface area contributed by atoms with Gasteiger partial charge in [0.15, 0.2) is 0 Å². The smallest absolute Gasteiger partial charge is 0.337 e. The Kier molecular flexibility index (Phi) is 8.38. The predicted molar refractivity (Wildman–Crippen MR) is 68.4 cm³/mol. The van der Waals surface area contributed by atoms with E-state index in [0.717, 1.165) is 26.1 Å². The van der Waals surface area contributed by atoms with Gasteiger partial charge in [0.2, 0.25) is 0 Å². The highest BCUT2D eigenvalue weighted by atomic mass is 28.4. The van der Waals surface area contributed by atoms with E-state index < -0.39 is 8.56 Å². The van der Waals surface area contributed by atoms with E-state index >= 15 is 0 Å². The van der Waals surface area contributed by atoms with E-state index in [1.54, 1.807) is 0 Å². The van der Waals surface area contributed by atoms with Crippen LogP contribution in [0.1, 0.15) is 53.4 Å². The third kappa shape index (κ3) is 6.33. The fourth-order valence-electron chi connectivity index (χ4n) is 1.21. The van der Waals surface area contributed by atoms with Gasteiger partial charge in [0.05, 0.1) is 0 Å². The van der Waals surface area contributed by atoms with Gasteiger partial charge in [0, 0.05) is 13.2 Å². The van der Waals surface area contributed by atoms with Crippen LogP contribution in [0.2, 0.25) is 12.1 Å². The number of unbranched alkanes of at least 4 members (excludes halogenated alkanes) is 2. The molecule has 2 nitrogen and oxygen atoms in total. The summed E-state index contributed by atoms with van der Waals surface area (Å²) in [6, 6.07) is 0. The number of rotatable bonds is 9. The maximum absolute atomic E-state index is 5.99. The second-order valence-corrected chi connectivity index (χ2v) is 8.34. The fourth-order valence-corrected chi connectivity index (χ4v) is 3.06. The van der Waals surface area contributed by atoms with Crippen LogP contribution in [-0.2, 0) is 8.85 Å². The van der Waals surface area contributed by atoms with Gasteiger partial charge in [-0.1, -0.05) is 40.5 Å². The van der Waals surface area contributed by atoms with Crippen LogP contribution < -0.4 is 0 Å². The Labute approximate surface area is 96.6 Å². The molecule has 0 aliphatic heterocycles. The largest absolute Gasteiger partial charge is 0.394 e. The van der Waals surface area contributed by atoms with Crippen LogP contribution in [-0.4, -0.2) is 21.8 Å². The van der Waals surface area contributed by atoms with Gasteiger partial charge in [-0.25, -0.2) is 0 Å². The topological polar surface area (TPSA) is 18.5 Å². The summed E-state index contributed by atoms with van der Waals surface area (Å²) in [5.41, 5.74) is 0.534. The molecule has 0 radical (unpaired) electrons. The van der Waals surface area contributed by atoms with E-state index in [-0.39, 0.29) is 0 Å². The molecule has 0 fully saturated rings. The van der Waals surface area contributed by atoms with Crippen molar-refractivity contribution in [2.24, 2.45) is 0 Å². The molecular formula is C12H28O2Si. The van der Waals surface area contributed by atoms with Crippen molar-refractivity contribution in [1.82, 2.24) is 0 Å². The van der Waals surface area contributed by atoms with Crippen molar-refractivity contribution in [3.8, 4) is 0 Å². The minimum absolute atomic E-state index is 0.534. The first-order valence-corrected chi connectivity index (χ1v) is 8.74. The average Bonchev–Trinajstić information content (AvgIpc) is 2.18. The van der Waals surface area contributed by atoms with Crippen molar-refractivity contribution in [1.29, 1.82) is 0 Å². The lowest BCUT2D eigenvalue weighted by atomic mass is 10.4. The number of hydrogen-bond donors (Lipinski definition) is 0. The van der Waals surface area contributed by atoms with Crippen molar-refractivity contribution >= 4 is 8.56 Å². The Bertz CT molecular complexity index is 139. The van der Waals surface area contributed by atoms with Gasteiger partial charge < -0.3 is 8.85 Å². The normalized spacial score (nSPS) is 12.4. The highest BCUT2D eigenvalue weighted by molar-refractivity contribution is 6.67. The Morgan fingerprint density at radius 2 is 1.33 bits per heavy atom. The lowest BCUT2D eigenvalue weighted by molar-refractivity contribution is 0.162. The molecule has 0 saturated carbocycles. The Morgan fingerprint density at radius 1 is 0.933 bits per heavy atom. The van der Waals surface area contributed by atoms with Gasteiger partial charge in [0.1, 0.15) is 0 Å². The maximum Gasteiger partial charge on any atom is 0.337 e. The van der Waals surface area contributed by atoms with Crippen molar-refractivity contribution in [3.05, 3.63) is 0 Å². The molecule has 3 heteroatoms. The van der Waals surface area contributed by atoms with Crippen LogP contribution in [0, 0.1) is 0 Å². The zero-order chi connectivity index (χ0) is 11.7. The van der Waals surface area contributed by atoms with E-state index in [9.17, 15) is 0 Å². The van der Waals surface area contributed by atoms with E-state index in [2.05, 4.69) is 34.2 Å². The van der Waals surface area contributed by atoms with Crippen LogP contribution in [0.4, 0.5) is 0 Å². The van der Waals surface area contributed by atoms with Crippen LogP contribution >= 0.6 is 0 Å². The van der Waals surface area contributed by atoms with Crippen molar-refractivity contribution in [3.63, 3.8) is 0 Å². The Balaban J connectivity index is 3.95. The number of hydrogen-bond acceptors (Lipinski definition) is 2. The zero-order valence-electron chi connectivity index (χ0n) is 11.1. The van der Waals surface area contributed by atoms with Gasteiger partial charge in [-0.2, -0.15) is 0 Å².